The summed E-state index contributed by atoms with van der Waals surface area (Å²) in [6.45, 7) is 5.38. The van der Waals surface area contributed by atoms with Gasteiger partial charge in [0, 0.05) is 37.6 Å². The predicted molar refractivity (Wildman–Crippen MR) is 133 cm³/mol. The van der Waals surface area contributed by atoms with Gasteiger partial charge in [0.2, 0.25) is 10.0 Å². The molecule has 2 fully saturated rings. The molecule has 1 saturated heterocycles. The van der Waals surface area contributed by atoms with Gasteiger partial charge in [0.1, 0.15) is 10.0 Å². The van der Waals surface area contributed by atoms with Gasteiger partial charge in [-0.1, -0.05) is 18.2 Å². The number of anilines is 1. The lowest BCUT2D eigenvalue weighted by molar-refractivity contribution is 0.214. The summed E-state index contributed by atoms with van der Waals surface area (Å²) in [5, 5.41) is 3.09. The van der Waals surface area contributed by atoms with E-state index >= 15 is 0 Å². The molecule has 0 radical (unpaired) electrons. The van der Waals surface area contributed by atoms with Crippen molar-refractivity contribution < 1.29 is 8.42 Å². The number of rotatable bonds is 7. The van der Waals surface area contributed by atoms with E-state index in [9.17, 15) is 8.42 Å². The first-order valence-corrected chi connectivity index (χ1v) is 14.6. The average Bonchev–Trinajstić information content (AvgIpc) is 3.50. The Morgan fingerprint density at radius 1 is 1.00 bits per heavy atom. The minimum atomic E-state index is -3.35. The van der Waals surface area contributed by atoms with E-state index < -0.39 is 10.0 Å². The molecule has 5 rings (SSSR count). The molecule has 1 aromatic carbocycles. The minimum absolute atomic E-state index is 0.0785. The fraction of sp³-hybridized carbons (Fsp3) is 0.522. The van der Waals surface area contributed by atoms with Crippen LogP contribution in [0.1, 0.15) is 32.1 Å². The molecule has 0 bridgehead atoms. The van der Waals surface area contributed by atoms with Gasteiger partial charge in [-0.15, -0.1) is 11.3 Å². The summed E-state index contributed by atoms with van der Waals surface area (Å²) < 4.78 is 34.2. The van der Waals surface area contributed by atoms with Gasteiger partial charge in [0.15, 0.2) is 0 Å². The maximum Gasteiger partial charge on any atom is 0.250 e. The maximum atomic E-state index is 12.4. The van der Waals surface area contributed by atoms with Crippen molar-refractivity contribution in [1.29, 1.82) is 0 Å². The largest absolute Gasteiger partial charge is 0.353 e. The molecule has 32 heavy (non-hydrogen) atoms. The third-order valence-electron chi connectivity index (χ3n) is 6.81. The quantitative estimate of drug-likeness (QED) is 0.532. The molecule has 3 heterocycles. The highest BCUT2D eigenvalue weighted by molar-refractivity contribution is 7.91. The standard InChI is InChI=1S/C23H30N4O2S3/c28-32(29,22-6-3-17-30-22)25-19-9-7-18(8-10-19)11-12-26-13-15-27(16-14-26)23-20-4-1-2-5-21(20)31-24-23/h1-6,17-19,25H,7-16H2. The SMILES string of the molecule is O=S(=O)(NC1CCC(CCN2CCN(c3nsc4ccccc34)CC2)CC1)c1cccs1. The summed E-state index contributed by atoms with van der Waals surface area (Å²) in [7, 11) is -3.35. The van der Waals surface area contributed by atoms with E-state index in [1.165, 1.54) is 27.8 Å². The Hall–Kier alpha value is -1.52. The Balaban J connectivity index is 1.04. The normalized spacial score (nSPS) is 23.1. The fourth-order valence-electron chi connectivity index (χ4n) is 4.91. The Morgan fingerprint density at radius 2 is 1.78 bits per heavy atom. The second-order valence-electron chi connectivity index (χ2n) is 8.89. The number of thiophene rings is 1. The first kappa shape index (κ1) is 22.3. The summed E-state index contributed by atoms with van der Waals surface area (Å²) in [6.07, 6.45) is 5.33. The summed E-state index contributed by atoms with van der Waals surface area (Å²) in [5.74, 6) is 1.85. The van der Waals surface area contributed by atoms with Gasteiger partial charge in [-0.2, -0.15) is 4.37 Å². The minimum Gasteiger partial charge on any atom is -0.353 e. The first-order valence-electron chi connectivity index (χ1n) is 11.5. The maximum absolute atomic E-state index is 12.4. The number of nitrogens with zero attached hydrogens (tertiary/aromatic N) is 3. The van der Waals surface area contributed by atoms with E-state index in [0.29, 0.717) is 10.1 Å². The van der Waals surface area contributed by atoms with Gasteiger partial charge >= 0.3 is 0 Å². The number of benzene rings is 1. The zero-order valence-corrected chi connectivity index (χ0v) is 20.6. The van der Waals surface area contributed by atoms with E-state index in [1.54, 1.807) is 23.7 Å². The molecule has 1 aliphatic heterocycles. The van der Waals surface area contributed by atoms with E-state index in [0.717, 1.165) is 64.2 Å². The van der Waals surface area contributed by atoms with Crippen molar-refractivity contribution in [2.75, 3.05) is 37.6 Å². The summed E-state index contributed by atoms with van der Waals surface area (Å²) in [6, 6.07) is 12.0. The molecular formula is C23H30N4O2S3. The van der Waals surface area contributed by atoms with E-state index in [4.69, 9.17) is 4.37 Å². The van der Waals surface area contributed by atoms with Crippen molar-refractivity contribution in [3.63, 3.8) is 0 Å². The number of sulfonamides is 1. The molecule has 0 unspecified atom stereocenters. The van der Waals surface area contributed by atoms with Crippen LogP contribution in [0.4, 0.5) is 5.82 Å². The number of aromatic nitrogens is 1. The van der Waals surface area contributed by atoms with Gasteiger partial charge in [-0.05, 0) is 79.7 Å². The second-order valence-corrected chi connectivity index (χ2v) is 12.6. The van der Waals surface area contributed by atoms with Crippen LogP contribution < -0.4 is 9.62 Å². The van der Waals surface area contributed by atoms with Gasteiger partial charge < -0.3 is 4.90 Å². The summed E-state index contributed by atoms with van der Waals surface area (Å²) >= 11 is 2.87. The third-order valence-corrected chi connectivity index (χ3v) is 10.5. The Morgan fingerprint density at radius 3 is 2.53 bits per heavy atom. The molecule has 1 N–H and O–H groups in total. The van der Waals surface area contributed by atoms with Gasteiger partial charge in [0.05, 0.1) is 4.70 Å². The van der Waals surface area contributed by atoms with Crippen molar-refractivity contribution in [3.05, 3.63) is 41.8 Å². The van der Waals surface area contributed by atoms with E-state index in [-0.39, 0.29) is 6.04 Å². The van der Waals surface area contributed by atoms with Crippen molar-refractivity contribution in [1.82, 2.24) is 14.0 Å². The number of fused-ring (bicyclic) bond motifs is 1. The molecule has 0 spiro atoms. The number of nitrogens with one attached hydrogen (secondary N) is 1. The lowest BCUT2D eigenvalue weighted by Gasteiger charge is -2.36. The van der Waals surface area contributed by atoms with Crippen LogP contribution in [0, 0.1) is 5.92 Å². The average molecular weight is 491 g/mol. The van der Waals surface area contributed by atoms with Gasteiger partial charge in [0.25, 0.3) is 0 Å². The highest BCUT2D eigenvalue weighted by Crippen LogP contribution is 2.31. The molecule has 0 amide bonds. The van der Waals surface area contributed by atoms with Crippen molar-refractivity contribution >= 4 is 48.8 Å². The van der Waals surface area contributed by atoms with Gasteiger partial charge in [-0.3, -0.25) is 4.90 Å². The van der Waals surface area contributed by atoms with Gasteiger partial charge in [-0.25, -0.2) is 13.1 Å². The summed E-state index contributed by atoms with van der Waals surface area (Å²) in [4.78, 5) is 5.01. The predicted octanol–water partition coefficient (Wildman–Crippen LogP) is 4.41. The van der Waals surface area contributed by atoms with Crippen LogP contribution >= 0.6 is 22.9 Å². The van der Waals surface area contributed by atoms with Crippen LogP contribution in [0.2, 0.25) is 0 Å². The lowest BCUT2D eigenvalue weighted by Crippen LogP contribution is -2.47. The fourth-order valence-corrected chi connectivity index (χ4v) is 8.02. The smallest absolute Gasteiger partial charge is 0.250 e. The Kier molecular flexibility index (Phi) is 6.80. The van der Waals surface area contributed by atoms with Crippen LogP contribution in [0.3, 0.4) is 0 Å². The van der Waals surface area contributed by atoms with Crippen LogP contribution in [-0.2, 0) is 10.0 Å². The zero-order valence-electron chi connectivity index (χ0n) is 18.2. The van der Waals surface area contributed by atoms with Crippen molar-refractivity contribution in [2.24, 2.45) is 5.92 Å². The van der Waals surface area contributed by atoms with E-state index in [1.807, 2.05) is 5.38 Å². The van der Waals surface area contributed by atoms with Crippen LogP contribution in [0.25, 0.3) is 10.1 Å². The molecule has 9 heteroatoms. The second kappa shape index (κ2) is 9.77. The molecule has 172 valence electrons. The zero-order chi connectivity index (χ0) is 22.0. The number of hydrogen-bond acceptors (Lipinski definition) is 7. The van der Waals surface area contributed by atoms with Crippen LogP contribution in [-0.4, -0.2) is 56.5 Å². The van der Waals surface area contributed by atoms with Crippen LogP contribution in [0.5, 0.6) is 0 Å². The summed E-state index contributed by atoms with van der Waals surface area (Å²) in [5.41, 5.74) is 0. The molecule has 2 aromatic heterocycles. The highest BCUT2D eigenvalue weighted by atomic mass is 32.2. The van der Waals surface area contributed by atoms with E-state index in [2.05, 4.69) is 38.8 Å². The molecule has 6 nitrogen and oxygen atoms in total. The molecule has 2 aliphatic rings. The first-order chi connectivity index (χ1) is 15.6. The molecule has 1 aliphatic carbocycles. The number of hydrogen-bond donors (Lipinski definition) is 1. The van der Waals surface area contributed by atoms with Crippen molar-refractivity contribution in [2.45, 2.75) is 42.4 Å². The molecule has 0 atom stereocenters. The van der Waals surface area contributed by atoms with Crippen LogP contribution in [0.15, 0.2) is 46.0 Å². The van der Waals surface area contributed by atoms with Crippen molar-refractivity contribution in [3.8, 4) is 0 Å². The molecule has 3 aromatic rings. The third kappa shape index (κ3) is 5.02. The molecule has 1 saturated carbocycles. The molecular weight excluding hydrogens is 460 g/mol. The Labute approximate surface area is 198 Å². The number of piperazine rings is 1. The Bertz CT molecular complexity index is 1110. The monoisotopic (exact) mass is 490 g/mol. The topological polar surface area (TPSA) is 65.5 Å². The lowest BCUT2D eigenvalue weighted by atomic mass is 9.84. The highest BCUT2D eigenvalue weighted by Gasteiger charge is 2.27.